The molecule has 1 aliphatic rings. The fourth-order valence-electron chi connectivity index (χ4n) is 1.07. The Bertz CT molecular complexity index is 428. The van der Waals surface area contributed by atoms with E-state index >= 15 is 0 Å². The molecule has 0 bridgehead atoms. The summed E-state index contributed by atoms with van der Waals surface area (Å²) in [6.45, 7) is 4.29. The van der Waals surface area contributed by atoms with Crippen LogP contribution in [0, 0.1) is 34.0 Å². The van der Waals surface area contributed by atoms with E-state index in [2.05, 4.69) is 45.8 Å². The number of hydrogen-bond acceptors (Lipinski definition) is 3. The van der Waals surface area contributed by atoms with Crippen molar-refractivity contribution in [3.63, 3.8) is 0 Å². The van der Waals surface area contributed by atoms with Crippen LogP contribution in [0.15, 0.2) is 22.4 Å². The Morgan fingerprint density at radius 3 is 1.25 bits per heavy atom. The van der Waals surface area contributed by atoms with Crippen molar-refractivity contribution < 1.29 is 12.4 Å². The molecule has 0 aromatic rings. The Morgan fingerprint density at radius 2 is 1.15 bits per heavy atom. The van der Waals surface area contributed by atoms with Crippen LogP contribution in [-0.2, 0) is 12.4 Å². The van der Waals surface area contributed by atoms with Crippen LogP contribution in [0.5, 0.6) is 0 Å². The molecule has 0 spiro atoms. The summed E-state index contributed by atoms with van der Waals surface area (Å²) in [6.07, 6.45) is 7.97. The van der Waals surface area contributed by atoms with E-state index in [1.807, 2.05) is 0 Å². The molecule has 0 aliphatic heterocycles. The Morgan fingerprint density at radius 1 is 0.850 bits per heavy atom. The molecule has 4 heteroatoms. The van der Waals surface area contributed by atoms with Gasteiger partial charge < -0.3 is 0 Å². The Balaban J connectivity index is -0.000000268. The van der Waals surface area contributed by atoms with Crippen molar-refractivity contribution in [1.82, 2.24) is 0 Å². The van der Waals surface area contributed by atoms with E-state index < -0.39 is 12.4 Å². The van der Waals surface area contributed by atoms with Gasteiger partial charge in [0.05, 0.1) is 18.2 Å². The zero-order valence-corrected chi connectivity index (χ0v) is 15.9. The van der Waals surface area contributed by atoms with Gasteiger partial charge in [0, 0.05) is 20.8 Å². The van der Waals surface area contributed by atoms with Gasteiger partial charge in [-0.2, -0.15) is 15.8 Å². The van der Waals surface area contributed by atoms with Crippen molar-refractivity contribution in [2.75, 3.05) is 0 Å². The molecule has 3 nitrogen and oxygen atoms in total. The average molecular weight is 364 g/mol. The summed E-state index contributed by atoms with van der Waals surface area (Å²) in [5.41, 5.74) is 12.4. The second-order valence-electron chi connectivity index (χ2n) is 6.32. The van der Waals surface area contributed by atoms with Crippen LogP contribution in [-0.4, -0.2) is 0 Å². The van der Waals surface area contributed by atoms with Gasteiger partial charge in [-0.1, -0.05) is 0 Å². The second-order valence-corrected chi connectivity index (χ2v) is 29.2. The molecule has 0 atom stereocenters. The molecule has 0 N–H and O–H groups in total. The molecule has 0 heterocycles. The topological polar surface area (TPSA) is 71.4 Å². The minimum absolute atomic E-state index is 1.19. The van der Waals surface area contributed by atoms with Crippen LogP contribution in [0.2, 0.25) is 27.6 Å². The molecule has 0 aromatic carbocycles. The Hall–Kier alpha value is -1.43. The van der Waals surface area contributed by atoms with Crippen molar-refractivity contribution in [1.29, 1.82) is 15.8 Å². The number of nitriles is 3. The van der Waals surface area contributed by atoms with Gasteiger partial charge in [0.25, 0.3) is 0 Å². The van der Waals surface area contributed by atoms with E-state index in [0.717, 1.165) is 0 Å². The van der Waals surface area contributed by atoms with Gasteiger partial charge in [-0.05, 0) is 0 Å². The third-order valence-corrected chi connectivity index (χ3v) is 8.08. The first-order valence-electron chi connectivity index (χ1n) is 5.83. The quantitative estimate of drug-likeness (QED) is 0.545. The zero-order valence-electron chi connectivity index (χ0n) is 14.1. The van der Waals surface area contributed by atoms with Crippen LogP contribution >= 0.6 is 0 Å². The molecule has 0 amide bonds. The molecular formula is C16H29N3Ru. The molecule has 0 radical (unpaired) electrons. The molecular weight excluding hydrogens is 335 g/mol. The van der Waals surface area contributed by atoms with Crippen molar-refractivity contribution in [3.05, 3.63) is 22.4 Å². The van der Waals surface area contributed by atoms with Gasteiger partial charge in [-0.3, -0.25) is 0 Å². The van der Waals surface area contributed by atoms with E-state index in [0.29, 0.717) is 0 Å². The Kier molecular flexibility index (Phi) is 10.3. The molecule has 0 unspecified atom stereocenters. The van der Waals surface area contributed by atoms with Crippen LogP contribution in [0.25, 0.3) is 0 Å². The van der Waals surface area contributed by atoms with E-state index in [1.54, 1.807) is 22.4 Å². The summed E-state index contributed by atoms with van der Waals surface area (Å²) >= 11 is -2.47. The van der Waals surface area contributed by atoms with Crippen LogP contribution in [0.1, 0.15) is 27.2 Å². The summed E-state index contributed by atoms with van der Waals surface area (Å²) in [4.78, 5) is 0. The molecule has 0 fully saturated rings. The summed E-state index contributed by atoms with van der Waals surface area (Å²) in [5, 5.41) is 22.0. The normalized spacial score (nSPS) is 14.6. The van der Waals surface area contributed by atoms with Crippen molar-refractivity contribution in [2.24, 2.45) is 0 Å². The van der Waals surface area contributed by atoms with Crippen LogP contribution in [0.4, 0.5) is 0 Å². The van der Waals surface area contributed by atoms with E-state index in [9.17, 15) is 0 Å². The van der Waals surface area contributed by atoms with E-state index in [-0.39, 0.29) is 0 Å². The summed E-state index contributed by atoms with van der Waals surface area (Å²) in [5.74, 6) is 0. The molecule has 0 saturated carbocycles. The maximum atomic E-state index is 7.32. The average Bonchev–Trinajstić information content (AvgIpc) is 2.71. The fourth-order valence-corrected chi connectivity index (χ4v) is 4.67. The van der Waals surface area contributed by atoms with E-state index in [4.69, 9.17) is 15.8 Å². The van der Waals surface area contributed by atoms with Crippen molar-refractivity contribution in [2.45, 2.75) is 54.8 Å². The zero-order chi connectivity index (χ0) is 16.9. The van der Waals surface area contributed by atoms with Gasteiger partial charge >= 0.3 is 68.8 Å². The molecule has 20 heavy (non-hydrogen) atoms. The monoisotopic (exact) mass is 365 g/mol. The first kappa shape index (κ1) is 23.7. The molecule has 0 aromatic heterocycles. The predicted octanol–water partition coefficient (Wildman–Crippen LogP) is 5.89. The molecule has 1 rings (SSSR count). The van der Waals surface area contributed by atoms with Crippen molar-refractivity contribution >= 4 is 0 Å². The maximum absolute atomic E-state index is 7.32. The van der Waals surface area contributed by atoms with Crippen LogP contribution in [0.3, 0.4) is 0 Å². The first-order valence-corrected chi connectivity index (χ1v) is 15.4. The van der Waals surface area contributed by atoms with Gasteiger partial charge in [-0.15, -0.1) is 0 Å². The molecule has 1 aliphatic carbocycles. The van der Waals surface area contributed by atoms with Crippen LogP contribution < -0.4 is 0 Å². The summed E-state index contributed by atoms with van der Waals surface area (Å²) in [6, 6.07) is 5.25. The number of allylic oxidation sites excluding steroid dienone is 4. The van der Waals surface area contributed by atoms with E-state index in [1.165, 1.54) is 27.2 Å². The second kappa shape index (κ2) is 8.69. The first-order chi connectivity index (χ1) is 8.84. The summed E-state index contributed by atoms with van der Waals surface area (Å²) < 4.78 is 1.69. The molecule has 116 valence electrons. The standard InChI is InChI=1S/C5H5.3C2H3N.5CH3.Ru/c1-2-4-5-3-1;3*1-2-3;;;;;;/h1-3H,4H2;3*1H3;5*1H3;. The van der Waals surface area contributed by atoms with Gasteiger partial charge in [0.15, 0.2) is 0 Å². The van der Waals surface area contributed by atoms with Gasteiger partial charge in [0.1, 0.15) is 0 Å². The Labute approximate surface area is 123 Å². The van der Waals surface area contributed by atoms with Gasteiger partial charge in [-0.25, -0.2) is 0 Å². The minimum atomic E-state index is -2.47. The third kappa shape index (κ3) is 16.6. The molecule has 0 saturated heterocycles. The number of rotatable bonds is 1. The third-order valence-electron chi connectivity index (χ3n) is 1.85. The fraction of sp³-hybridized carbons (Fsp3) is 0.562. The summed E-state index contributed by atoms with van der Waals surface area (Å²) in [7, 11) is 0. The van der Waals surface area contributed by atoms with Crippen molar-refractivity contribution in [3.8, 4) is 18.2 Å². The SMILES string of the molecule is CC#N.CC#N.CC#N.[CH3][Ru]([CH3])([CH3])([CH3])([CH3])[C]1=CC=CC1. The number of nitrogens with zero attached hydrogens (tertiary/aromatic N) is 3. The van der Waals surface area contributed by atoms with Gasteiger partial charge in [0.2, 0.25) is 0 Å². The predicted molar refractivity (Wildman–Crippen MR) is 85.0 cm³/mol. The number of hydrogen-bond donors (Lipinski definition) is 0.